The first-order chi connectivity index (χ1) is 10.9. The Morgan fingerprint density at radius 2 is 1.87 bits per heavy atom. The Bertz CT molecular complexity index is 1160. The number of benzene rings is 2. The number of nitrogens with one attached hydrogen (secondary N) is 2. The Labute approximate surface area is 136 Å². The molecule has 0 aliphatic carbocycles. The molecule has 4 rings (SSSR count). The smallest absolute Gasteiger partial charge is 0.238 e. The molecule has 0 saturated carbocycles. The first-order valence-electron chi connectivity index (χ1n) is 6.71. The van der Waals surface area contributed by atoms with E-state index in [1.165, 1.54) is 12.1 Å². The molecule has 4 aromatic rings. The molecule has 0 saturated heterocycles. The van der Waals surface area contributed by atoms with Crippen LogP contribution in [0.2, 0.25) is 5.02 Å². The third-order valence-corrected chi connectivity index (χ3v) is 4.85. The molecule has 0 radical (unpaired) electrons. The second-order valence-electron chi connectivity index (χ2n) is 5.24. The van der Waals surface area contributed by atoms with Crippen molar-refractivity contribution in [2.75, 3.05) is 0 Å². The van der Waals surface area contributed by atoms with Crippen molar-refractivity contribution < 1.29 is 8.42 Å². The van der Waals surface area contributed by atoms with Gasteiger partial charge in [0.1, 0.15) is 5.69 Å². The van der Waals surface area contributed by atoms with Crippen LogP contribution in [0.1, 0.15) is 0 Å². The molecule has 0 fully saturated rings. The lowest BCUT2D eigenvalue weighted by Gasteiger charge is -1.97. The van der Waals surface area contributed by atoms with Crippen LogP contribution in [0.25, 0.3) is 33.2 Å². The predicted octanol–water partition coefficient (Wildman–Crippen LogP) is 3.01. The standard InChI is InChI=1S/C15H11ClN4O2S/c16-9-2-4-11-13(6-9)19-20-15(11)14-5-8-1-3-10(23(17,21)22)7-12(8)18-14/h1-7,18H,(H,19,20)(H2,17,21,22). The molecule has 0 atom stereocenters. The molecule has 0 amide bonds. The Morgan fingerprint density at radius 1 is 1.04 bits per heavy atom. The Hall–Kier alpha value is -2.35. The number of hydrogen-bond donors (Lipinski definition) is 3. The fraction of sp³-hybridized carbons (Fsp3) is 0. The summed E-state index contributed by atoms with van der Waals surface area (Å²) in [5.41, 5.74) is 3.03. The van der Waals surface area contributed by atoms with E-state index in [9.17, 15) is 8.42 Å². The summed E-state index contributed by atoms with van der Waals surface area (Å²) >= 11 is 5.97. The van der Waals surface area contributed by atoms with Gasteiger partial charge in [-0.05, 0) is 36.4 Å². The quantitative estimate of drug-likeness (QED) is 0.519. The van der Waals surface area contributed by atoms with E-state index in [2.05, 4.69) is 15.2 Å². The number of aromatic amines is 2. The van der Waals surface area contributed by atoms with Crippen LogP contribution in [0.15, 0.2) is 47.4 Å². The number of sulfonamides is 1. The van der Waals surface area contributed by atoms with Crippen molar-refractivity contribution in [3.05, 3.63) is 47.5 Å². The summed E-state index contributed by atoms with van der Waals surface area (Å²) in [6, 6.07) is 12.1. The molecule has 2 aromatic heterocycles. The largest absolute Gasteiger partial charge is 0.353 e. The molecule has 4 N–H and O–H groups in total. The lowest BCUT2D eigenvalue weighted by atomic mass is 10.1. The summed E-state index contributed by atoms with van der Waals surface area (Å²) in [5.74, 6) is 0. The van der Waals surface area contributed by atoms with E-state index < -0.39 is 10.0 Å². The normalized spacial score (nSPS) is 12.3. The minimum atomic E-state index is -3.73. The number of hydrogen-bond acceptors (Lipinski definition) is 3. The van der Waals surface area contributed by atoms with Crippen molar-refractivity contribution in [1.29, 1.82) is 0 Å². The zero-order valence-corrected chi connectivity index (χ0v) is 13.2. The molecule has 0 bridgehead atoms. The zero-order chi connectivity index (χ0) is 16.2. The number of primary sulfonamides is 1. The second kappa shape index (κ2) is 4.82. The molecule has 2 aromatic carbocycles. The molecule has 0 aliphatic rings. The monoisotopic (exact) mass is 346 g/mol. The van der Waals surface area contributed by atoms with Gasteiger partial charge in [-0.2, -0.15) is 5.10 Å². The minimum absolute atomic E-state index is 0.0667. The lowest BCUT2D eigenvalue weighted by molar-refractivity contribution is 0.598. The lowest BCUT2D eigenvalue weighted by Crippen LogP contribution is -2.11. The van der Waals surface area contributed by atoms with Crippen molar-refractivity contribution in [3.63, 3.8) is 0 Å². The number of halogens is 1. The topological polar surface area (TPSA) is 105 Å². The molecule has 2 heterocycles. The van der Waals surface area contributed by atoms with Crippen LogP contribution in [-0.2, 0) is 10.0 Å². The molecule has 0 aliphatic heterocycles. The maximum Gasteiger partial charge on any atom is 0.238 e. The van der Waals surface area contributed by atoms with Crippen LogP contribution in [0.4, 0.5) is 0 Å². The van der Waals surface area contributed by atoms with Crippen molar-refractivity contribution >= 4 is 43.4 Å². The van der Waals surface area contributed by atoms with Gasteiger partial charge in [0.25, 0.3) is 0 Å². The van der Waals surface area contributed by atoms with Crippen LogP contribution >= 0.6 is 11.6 Å². The number of nitrogens with two attached hydrogens (primary N) is 1. The van der Waals surface area contributed by atoms with Gasteiger partial charge in [0.15, 0.2) is 0 Å². The molecule has 116 valence electrons. The second-order valence-corrected chi connectivity index (χ2v) is 7.24. The molecule has 0 spiro atoms. The van der Waals surface area contributed by atoms with Gasteiger partial charge >= 0.3 is 0 Å². The van der Waals surface area contributed by atoms with Gasteiger partial charge in [-0.3, -0.25) is 5.10 Å². The summed E-state index contributed by atoms with van der Waals surface area (Å²) in [5, 5.41) is 14.8. The SMILES string of the molecule is NS(=O)(=O)c1ccc2cc(-c3n[nH]c4cc(Cl)ccc34)[nH]c2c1. The van der Waals surface area contributed by atoms with Gasteiger partial charge in [0.2, 0.25) is 10.0 Å². The summed E-state index contributed by atoms with van der Waals surface area (Å²) in [7, 11) is -3.73. The van der Waals surface area contributed by atoms with Crippen LogP contribution in [0.3, 0.4) is 0 Å². The molecule has 0 unspecified atom stereocenters. The number of nitrogens with zero attached hydrogens (tertiary/aromatic N) is 1. The highest BCUT2D eigenvalue weighted by molar-refractivity contribution is 7.89. The van der Waals surface area contributed by atoms with Gasteiger partial charge in [-0.15, -0.1) is 0 Å². The van der Waals surface area contributed by atoms with Crippen LogP contribution in [-0.4, -0.2) is 23.6 Å². The van der Waals surface area contributed by atoms with E-state index in [4.69, 9.17) is 16.7 Å². The third-order valence-electron chi connectivity index (χ3n) is 3.70. The first-order valence-corrected chi connectivity index (χ1v) is 8.64. The maximum absolute atomic E-state index is 11.5. The highest BCUT2D eigenvalue weighted by Gasteiger charge is 2.13. The van der Waals surface area contributed by atoms with Crippen molar-refractivity contribution in [2.45, 2.75) is 4.90 Å². The van der Waals surface area contributed by atoms with E-state index in [0.717, 1.165) is 27.7 Å². The Morgan fingerprint density at radius 3 is 2.65 bits per heavy atom. The summed E-state index contributed by atoms with van der Waals surface area (Å²) < 4.78 is 22.9. The summed E-state index contributed by atoms with van der Waals surface area (Å²) in [6.07, 6.45) is 0. The van der Waals surface area contributed by atoms with E-state index in [0.29, 0.717) is 10.5 Å². The average Bonchev–Trinajstić information content (AvgIpc) is 3.07. The highest BCUT2D eigenvalue weighted by atomic mass is 35.5. The summed E-state index contributed by atoms with van der Waals surface area (Å²) in [4.78, 5) is 3.25. The fourth-order valence-corrected chi connectivity index (χ4v) is 3.32. The van der Waals surface area contributed by atoms with E-state index in [1.807, 2.05) is 12.1 Å². The van der Waals surface area contributed by atoms with Gasteiger partial charge in [0, 0.05) is 21.3 Å². The number of H-pyrrole nitrogens is 2. The molecule has 6 nitrogen and oxygen atoms in total. The Kier molecular flexibility index (Phi) is 2.99. The Balaban J connectivity index is 1.91. The van der Waals surface area contributed by atoms with Crippen molar-refractivity contribution in [1.82, 2.24) is 15.2 Å². The van der Waals surface area contributed by atoms with Crippen LogP contribution in [0.5, 0.6) is 0 Å². The minimum Gasteiger partial charge on any atom is -0.353 e. The number of aromatic nitrogens is 3. The third kappa shape index (κ3) is 2.39. The van der Waals surface area contributed by atoms with Crippen molar-refractivity contribution in [2.24, 2.45) is 5.14 Å². The molecule has 8 heteroatoms. The first kappa shape index (κ1) is 14.3. The summed E-state index contributed by atoms with van der Waals surface area (Å²) in [6.45, 7) is 0. The van der Waals surface area contributed by atoms with E-state index in [-0.39, 0.29) is 4.90 Å². The molecule has 23 heavy (non-hydrogen) atoms. The van der Waals surface area contributed by atoms with E-state index in [1.54, 1.807) is 18.2 Å². The van der Waals surface area contributed by atoms with Crippen molar-refractivity contribution in [3.8, 4) is 11.4 Å². The van der Waals surface area contributed by atoms with Gasteiger partial charge in [-0.25, -0.2) is 13.6 Å². The van der Waals surface area contributed by atoms with Gasteiger partial charge < -0.3 is 4.98 Å². The molecular formula is C15H11ClN4O2S. The predicted molar refractivity (Wildman–Crippen MR) is 89.8 cm³/mol. The van der Waals surface area contributed by atoms with E-state index >= 15 is 0 Å². The molecular weight excluding hydrogens is 336 g/mol. The highest BCUT2D eigenvalue weighted by Crippen LogP contribution is 2.30. The average molecular weight is 347 g/mol. The maximum atomic E-state index is 11.5. The fourth-order valence-electron chi connectivity index (χ4n) is 2.61. The van der Waals surface area contributed by atoms with Crippen LogP contribution in [0, 0.1) is 0 Å². The van der Waals surface area contributed by atoms with Crippen LogP contribution < -0.4 is 5.14 Å². The number of rotatable bonds is 2. The zero-order valence-electron chi connectivity index (χ0n) is 11.7. The van der Waals surface area contributed by atoms with Gasteiger partial charge in [0.05, 0.1) is 16.1 Å². The van der Waals surface area contributed by atoms with Gasteiger partial charge in [-0.1, -0.05) is 17.7 Å². The number of fused-ring (bicyclic) bond motifs is 2.